The number of rotatable bonds is 36. The van der Waals surface area contributed by atoms with Gasteiger partial charge in [0.2, 0.25) is 0 Å². The molecule has 0 aliphatic carbocycles. The summed E-state index contributed by atoms with van der Waals surface area (Å²) in [4.78, 5) is 157. The Hall–Kier alpha value is -12.8. The number of nitrogens with zero attached hydrogens (tertiary/aromatic N) is 12. The molecule has 42 nitrogen and oxygen atoms in total. The quantitative estimate of drug-likeness (QED) is 0.0103. The number of nitrogens with one attached hydrogen (secondary N) is 6. The van der Waals surface area contributed by atoms with Gasteiger partial charge in [0, 0.05) is 180 Å². The van der Waals surface area contributed by atoms with Crippen molar-refractivity contribution in [1.82, 2.24) is 71.0 Å². The van der Waals surface area contributed by atoms with Gasteiger partial charge in [0.25, 0.3) is 11.8 Å². The zero-order valence-corrected chi connectivity index (χ0v) is 91.9. The molecule has 0 bridgehead atoms. The Kier molecular flexibility index (Phi) is 44.9. The molecule has 46 heteroatoms. The second-order valence-corrected chi connectivity index (χ2v) is 42.2. The SMILES string of the molecule is COCn1nc(C(=O)NC(C)C(=O)COC(C)=O)c(Cc2ccccc2Cl)c1N1CCC[C@@H](NC(=O)OC(C)(C)C)C1.COCn1nc(C(=O)O)c(Cc2ccccc2Cl)c1N1CCC[C@@H](NC(=O)OC(C)(C)C)C1.COCn1nc(N2CCC[C@@H](NC(=O)OC(C)(C)C)C2)c(Cc2ccccc2Cl)c1C(=O)NC(C)C(=O)CC(=O)OC.COCn1nc(N2CCC[C@@H](NC(=O)OC(C)(C)C)C2)c(Cc2ccccc2Cl)c1C(=O)O. The highest BCUT2D eigenvalue weighted by atomic mass is 35.5. The Morgan fingerprint density at radius 1 is 0.387 bits per heavy atom. The van der Waals surface area contributed by atoms with Crippen LogP contribution in [0.5, 0.6) is 0 Å². The molecular formula is C104H142Cl4N18O24. The first-order valence-electron chi connectivity index (χ1n) is 49.4. The molecular weight excluding hydrogens is 2030 g/mol. The van der Waals surface area contributed by atoms with Gasteiger partial charge in [-0.2, -0.15) is 20.4 Å². The lowest BCUT2D eigenvalue weighted by molar-refractivity contribution is -0.146. The number of alkyl carbamates (subject to hydrolysis) is 4. The summed E-state index contributed by atoms with van der Waals surface area (Å²) in [6.45, 7) is 30.2. The number of carboxylic acid groups (broad SMARTS) is 2. The number of ketones is 2. The third-order valence-corrected chi connectivity index (χ3v) is 25.1. The first-order valence-corrected chi connectivity index (χ1v) is 50.9. The van der Waals surface area contributed by atoms with Gasteiger partial charge in [-0.15, -0.1) is 0 Å². The van der Waals surface area contributed by atoms with Gasteiger partial charge in [-0.25, -0.2) is 47.5 Å². The fourth-order valence-electron chi connectivity index (χ4n) is 17.3. The van der Waals surface area contributed by atoms with Crippen LogP contribution in [0.15, 0.2) is 97.1 Å². The molecule has 4 aromatic heterocycles. The van der Waals surface area contributed by atoms with Crippen molar-refractivity contribution in [3.05, 3.63) is 184 Å². The van der Waals surface area contributed by atoms with E-state index in [9.17, 15) is 67.7 Å². The predicted octanol–water partition coefficient (Wildman–Crippen LogP) is 14.8. The first-order chi connectivity index (χ1) is 70.8. The highest BCUT2D eigenvalue weighted by Gasteiger charge is 2.40. The van der Waals surface area contributed by atoms with E-state index >= 15 is 0 Å². The van der Waals surface area contributed by atoms with E-state index in [4.69, 9.17) is 94.1 Å². The van der Waals surface area contributed by atoms with Crippen LogP contribution in [0, 0.1) is 0 Å². The van der Waals surface area contributed by atoms with Crippen LogP contribution in [0.3, 0.4) is 0 Å². The van der Waals surface area contributed by atoms with Crippen LogP contribution >= 0.6 is 46.4 Å². The number of aromatic nitrogens is 8. The maximum atomic E-state index is 13.7. The minimum atomic E-state index is -1.12. The lowest BCUT2D eigenvalue weighted by Gasteiger charge is -2.35. The van der Waals surface area contributed by atoms with E-state index in [-0.39, 0.29) is 86.7 Å². The number of hydrogen-bond acceptors (Lipinski definition) is 30. The second kappa shape index (κ2) is 55.8. The standard InChI is InChI=1S/2C29H40ClN5O7.2C23H31ClN4O5/c1-18(23(36)15-24(37)41-6)31-27(38)25-21(14-19-10-7-8-12-22(19)30)26(33-35(25)17-40-5)34-13-9-11-20(16-34)32-28(39)42-29(2,3)4;1-18(24(37)16-41-19(2)36)31-26(38)25-22(14-20-10-7-8-12-23(20)30)27(35(33-25)17-40-6)34-13-9-11-21(15-34)32-28(39)42-29(3,4)5;1-23(2,3)33-22(31)25-16-9-7-11-27(13-16)20-17(12-15-8-5-6-10-18(15)24)19(21(29)30)28(26-20)14-32-4;1-23(2,3)33-22(31)25-16-9-7-11-27(13-16)20-17(12-15-8-5-6-10-18(15)24)19(21(29)30)26-28(20)14-32-4/h7-8,10,12,18,20H,9,11,13-17H2,1-6H3,(H,31,38)(H,32,39);7-8,10,12,18,21H,9,11,13-17H2,1-6H3,(H,31,38)(H,32,39);2*5-6,8,10,16H,7,9,11-14H2,1-4H3,(H,25,31)(H,29,30)/t18?,20-;18?,21-;2*16-/m1111/s1. The molecule has 2 unspecified atom stereocenters. The molecule has 820 valence electrons. The van der Waals surface area contributed by atoms with E-state index in [0.717, 1.165) is 73.6 Å². The Bertz CT molecular complexity index is 5950. The Labute approximate surface area is 893 Å². The van der Waals surface area contributed by atoms with Gasteiger partial charge in [0.05, 0.1) is 19.2 Å². The number of carbonyl (C=O) groups excluding carboxylic acids is 10. The number of Topliss-reactive ketones (excluding diaryl/α,β-unsaturated/α-hetero) is 2. The van der Waals surface area contributed by atoms with E-state index in [1.165, 1.54) is 65.7 Å². The number of ether oxygens (including phenoxy) is 10. The fraction of sp³-hybridized carbons (Fsp3) is 0.538. The normalized spacial score (nSPS) is 16.2. The van der Waals surface area contributed by atoms with Gasteiger partial charge in [-0.3, -0.25) is 28.8 Å². The van der Waals surface area contributed by atoms with Gasteiger partial charge < -0.3 is 109 Å². The van der Waals surface area contributed by atoms with Crippen LogP contribution in [-0.4, -0.2) is 274 Å². The number of benzene rings is 4. The number of carbonyl (C=O) groups is 12. The Balaban J connectivity index is 0.000000223. The van der Waals surface area contributed by atoms with E-state index in [1.54, 1.807) is 75.2 Å². The molecule has 8 aromatic rings. The third-order valence-electron chi connectivity index (χ3n) is 23.6. The number of anilines is 4. The molecule has 0 radical (unpaired) electrons. The molecule has 0 saturated carbocycles. The largest absolute Gasteiger partial charge is 0.477 e. The molecule has 4 saturated heterocycles. The summed E-state index contributed by atoms with van der Waals surface area (Å²) in [6.07, 6.45) is 5.01. The van der Waals surface area contributed by atoms with Crippen molar-refractivity contribution in [2.24, 2.45) is 0 Å². The third kappa shape index (κ3) is 36.5. The van der Waals surface area contributed by atoms with Crippen LogP contribution in [-0.2, 0) is 119 Å². The zero-order valence-electron chi connectivity index (χ0n) is 88.8. The molecule has 6 amide bonds. The topological polar surface area (TPSA) is 494 Å². The van der Waals surface area contributed by atoms with Crippen LogP contribution in [0.2, 0.25) is 20.1 Å². The van der Waals surface area contributed by atoms with E-state index in [0.29, 0.717) is 131 Å². The smallest absolute Gasteiger partial charge is 0.407 e. The number of piperidine rings is 4. The molecule has 0 spiro atoms. The number of esters is 2. The maximum absolute atomic E-state index is 13.7. The number of amides is 6. The van der Waals surface area contributed by atoms with Crippen molar-refractivity contribution in [3.63, 3.8) is 0 Å². The summed E-state index contributed by atoms with van der Waals surface area (Å²) in [5.41, 5.74) is 3.38. The highest BCUT2D eigenvalue weighted by Crippen LogP contribution is 2.38. The number of carboxylic acids is 2. The number of halogens is 4. The number of aromatic carboxylic acids is 2. The van der Waals surface area contributed by atoms with Crippen LogP contribution in [0.25, 0.3) is 0 Å². The van der Waals surface area contributed by atoms with Gasteiger partial charge in [0.15, 0.2) is 46.9 Å². The van der Waals surface area contributed by atoms with Crippen molar-refractivity contribution in [2.45, 2.75) is 273 Å². The summed E-state index contributed by atoms with van der Waals surface area (Å²) in [5, 5.41) is 57.4. The van der Waals surface area contributed by atoms with Crippen molar-refractivity contribution in [3.8, 4) is 0 Å². The van der Waals surface area contributed by atoms with Gasteiger partial charge in [-0.05, 0) is 195 Å². The van der Waals surface area contributed by atoms with E-state index in [2.05, 4.69) is 61.7 Å². The molecule has 12 rings (SSSR count). The highest BCUT2D eigenvalue weighted by molar-refractivity contribution is 6.32. The van der Waals surface area contributed by atoms with Crippen molar-refractivity contribution in [2.75, 3.05) is 114 Å². The zero-order chi connectivity index (χ0) is 110. The number of hydrogen-bond donors (Lipinski definition) is 8. The lowest BCUT2D eigenvalue weighted by Crippen LogP contribution is -2.49. The van der Waals surface area contributed by atoms with Gasteiger partial charge in [-0.1, -0.05) is 119 Å². The fourth-order valence-corrected chi connectivity index (χ4v) is 18.1. The van der Waals surface area contributed by atoms with Crippen molar-refractivity contribution in [1.29, 1.82) is 0 Å². The average molecular weight is 2170 g/mol. The van der Waals surface area contributed by atoms with Crippen molar-refractivity contribution >= 4 is 141 Å². The predicted molar refractivity (Wildman–Crippen MR) is 563 cm³/mol. The average Bonchev–Trinajstić information content (AvgIpc) is 1.76. The lowest BCUT2D eigenvalue weighted by atomic mass is 10.0. The summed E-state index contributed by atoms with van der Waals surface area (Å²) < 4.78 is 58.3. The Morgan fingerprint density at radius 3 is 1.01 bits per heavy atom. The number of methoxy groups -OCH3 is 5. The van der Waals surface area contributed by atoms with E-state index in [1.807, 2.05) is 124 Å². The molecule has 8 heterocycles. The minimum absolute atomic E-state index is 0.00455. The molecule has 8 N–H and O–H groups in total. The maximum Gasteiger partial charge on any atom is 0.407 e. The molecule has 4 aliphatic rings. The van der Waals surface area contributed by atoms with E-state index < -0.39 is 119 Å². The molecule has 6 atom stereocenters. The van der Waals surface area contributed by atoms with Crippen LogP contribution < -0.4 is 51.5 Å². The van der Waals surface area contributed by atoms with Gasteiger partial charge >= 0.3 is 48.3 Å². The molecule has 4 aromatic carbocycles. The van der Waals surface area contributed by atoms with Crippen molar-refractivity contribution < 1.29 is 115 Å². The van der Waals surface area contributed by atoms with Gasteiger partial charge in [0.1, 0.15) is 73.1 Å². The summed E-state index contributed by atoms with van der Waals surface area (Å²) in [7, 11) is 7.22. The Morgan fingerprint density at radius 2 is 0.687 bits per heavy atom. The molecule has 4 fully saturated rings. The monoisotopic (exact) mass is 2170 g/mol. The van der Waals surface area contributed by atoms with Crippen LogP contribution in [0.1, 0.15) is 248 Å². The van der Waals surface area contributed by atoms with Crippen LogP contribution in [0.4, 0.5) is 42.4 Å². The second-order valence-electron chi connectivity index (χ2n) is 40.5. The molecule has 4 aliphatic heterocycles. The minimum Gasteiger partial charge on any atom is -0.477 e. The molecule has 150 heavy (non-hydrogen) atoms. The first kappa shape index (κ1) is 121. The summed E-state index contributed by atoms with van der Waals surface area (Å²) in [6, 6.07) is 26.7. The summed E-state index contributed by atoms with van der Waals surface area (Å²) >= 11 is 25.8. The summed E-state index contributed by atoms with van der Waals surface area (Å²) in [5.74, 6) is -3.16.